The van der Waals surface area contributed by atoms with E-state index in [-0.39, 0.29) is 51.7 Å². The Hall–Kier alpha value is -2.97. The lowest BCUT2D eigenvalue weighted by molar-refractivity contribution is 0.0933. The minimum atomic E-state index is -0.351. The molecule has 0 saturated heterocycles. The van der Waals surface area contributed by atoms with Crippen LogP contribution in [0, 0.1) is 0 Å². The van der Waals surface area contributed by atoms with Gasteiger partial charge in [-0.3, -0.25) is 14.4 Å². The number of ether oxygens (including phenoxy) is 3. The van der Waals surface area contributed by atoms with Gasteiger partial charge in [0.05, 0.1) is 19.8 Å². The summed E-state index contributed by atoms with van der Waals surface area (Å²) in [4.78, 5) is 46.2. The highest BCUT2D eigenvalue weighted by Gasteiger charge is 2.37. The lowest BCUT2D eigenvalue weighted by atomic mass is 9.97. The zero-order valence-electron chi connectivity index (χ0n) is 61.1. The van der Waals surface area contributed by atoms with E-state index in [2.05, 4.69) is 57.5 Å². The van der Waals surface area contributed by atoms with Crippen molar-refractivity contribution in [3.63, 3.8) is 0 Å². The van der Waals surface area contributed by atoms with E-state index < -0.39 is 0 Å². The van der Waals surface area contributed by atoms with E-state index in [1.165, 1.54) is 270 Å². The van der Waals surface area contributed by atoms with Crippen molar-refractivity contribution in [2.75, 3.05) is 39.5 Å². The summed E-state index contributed by atoms with van der Waals surface area (Å²) in [5.41, 5.74) is 0.502. The van der Waals surface area contributed by atoms with Crippen molar-refractivity contribution in [3.8, 4) is 17.2 Å². The molecule has 0 fully saturated rings. The van der Waals surface area contributed by atoms with E-state index in [9.17, 15) is 0 Å². The van der Waals surface area contributed by atoms with E-state index in [0.717, 1.165) is 116 Å². The summed E-state index contributed by atoms with van der Waals surface area (Å²) in [5.74, 6) is -0.444. The Balaban J connectivity index is 3.93. The van der Waals surface area contributed by atoms with E-state index in [1.54, 1.807) is 0 Å². The van der Waals surface area contributed by atoms with Crippen molar-refractivity contribution in [1.29, 1.82) is 0 Å². The molecule has 0 bridgehead atoms. The second-order valence-electron chi connectivity index (χ2n) is 27.5. The average molecular weight is 1270 g/mol. The van der Waals surface area contributed by atoms with Crippen LogP contribution in [-0.2, 0) is 0 Å². The average Bonchev–Trinajstić information content (AvgIpc) is 0.808. The van der Waals surface area contributed by atoms with Crippen molar-refractivity contribution >= 4 is 17.7 Å². The lowest BCUT2D eigenvalue weighted by Crippen LogP contribution is -2.33. The Bertz CT molecular complexity index is 1520. The Morgan fingerprint density at radius 3 is 0.489 bits per heavy atom. The predicted octanol–water partition coefficient (Wildman–Crippen LogP) is 25.5. The van der Waals surface area contributed by atoms with Gasteiger partial charge in [0.15, 0.2) is 17.2 Å². The molecule has 0 aromatic heterocycles. The van der Waals surface area contributed by atoms with Crippen LogP contribution in [0.25, 0.3) is 0 Å². The van der Waals surface area contributed by atoms with Gasteiger partial charge in [-0.05, 0) is 38.5 Å². The Labute approximate surface area is 559 Å². The molecule has 1 aromatic carbocycles. The van der Waals surface area contributed by atoms with Gasteiger partial charge in [0.2, 0.25) is 0 Å². The van der Waals surface area contributed by atoms with Crippen molar-refractivity contribution in [2.24, 2.45) is 0 Å². The number of benzene rings is 1. The zero-order valence-corrected chi connectivity index (χ0v) is 61.1. The Morgan fingerprint density at radius 1 is 0.200 bits per heavy atom. The topological polar surface area (TPSA) is 115 Å². The molecular weight excluding hydrogens is 1110 g/mol. The third-order valence-electron chi connectivity index (χ3n) is 18.7. The van der Waals surface area contributed by atoms with Crippen LogP contribution in [0.5, 0.6) is 17.2 Å². The fourth-order valence-corrected chi connectivity index (χ4v) is 12.7. The number of unbranched alkanes of at least 4 members (excludes halogenated alkanes) is 54. The number of amides is 3. The number of carbonyl (C=O) groups is 3. The maximum atomic E-state index is 15.4. The van der Waals surface area contributed by atoms with Crippen molar-refractivity contribution in [1.82, 2.24) is 16.0 Å². The van der Waals surface area contributed by atoms with E-state index >= 15 is 14.4 Å². The molecule has 0 atom stereocenters. The molecule has 0 heterocycles. The molecular formula is C81H153N3O6. The molecule has 1 rings (SSSR count). The molecule has 0 aliphatic carbocycles. The van der Waals surface area contributed by atoms with Crippen LogP contribution in [0.4, 0.5) is 0 Å². The zero-order chi connectivity index (χ0) is 65.1. The van der Waals surface area contributed by atoms with Gasteiger partial charge in [-0.25, -0.2) is 0 Å². The van der Waals surface area contributed by atoms with Crippen molar-refractivity contribution in [3.05, 3.63) is 16.7 Å². The highest BCUT2D eigenvalue weighted by molar-refractivity contribution is 6.14. The Morgan fingerprint density at radius 2 is 0.333 bits per heavy atom. The molecule has 0 spiro atoms. The maximum Gasteiger partial charge on any atom is 0.258 e. The molecule has 0 aliphatic heterocycles. The number of hydrogen-bond acceptors (Lipinski definition) is 6. The largest absolute Gasteiger partial charge is 0.492 e. The second kappa shape index (κ2) is 67.4. The molecule has 3 N–H and O–H groups in total. The van der Waals surface area contributed by atoms with E-state index in [4.69, 9.17) is 14.2 Å². The first-order valence-corrected chi connectivity index (χ1v) is 40.4. The van der Waals surface area contributed by atoms with E-state index in [1.807, 2.05) is 0 Å². The quantitative estimate of drug-likeness (QED) is 0.0560. The van der Waals surface area contributed by atoms with Gasteiger partial charge >= 0.3 is 0 Å². The molecule has 0 aliphatic rings. The minimum Gasteiger partial charge on any atom is -0.492 e. The van der Waals surface area contributed by atoms with Crippen LogP contribution in [0.2, 0.25) is 0 Å². The summed E-state index contributed by atoms with van der Waals surface area (Å²) in [6.45, 7) is 16.1. The molecule has 9 heteroatoms. The standard InChI is InChI=1S/C81H153N3O6/c1-7-13-19-25-31-37-43-49-55-61-67-82-79(85)73-76(88-70-64-58-52-46-40-34-28-22-16-10-4)74(80(86)83-68-62-56-50-44-38-32-26-20-14-8-2)78(90-72-66-60-54-48-42-36-30-24-18-12-6)75(77(73)89-71-65-59-53-47-41-35-29-23-17-11-5)81(87)84-69-63-57-51-45-39-33-27-21-15-9-3/h7-72H2,1-6H3,(H,82,85)(H,83,86)(H,84,87). The van der Waals surface area contributed by atoms with Crippen LogP contribution in [0.15, 0.2) is 0 Å². The van der Waals surface area contributed by atoms with Crippen LogP contribution in [0.3, 0.4) is 0 Å². The Kier molecular flexibility index (Phi) is 63.7. The van der Waals surface area contributed by atoms with Gasteiger partial charge in [-0.2, -0.15) is 0 Å². The molecule has 3 amide bonds. The summed E-state index contributed by atoms with van der Waals surface area (Å²) >= 11 is 0. The SMILES string of the molecule is CCCCCCCCCCCCNC(=O)c1c(OCCCCCCCCCCCC)c(C(=O)NCCCCCCCCCCCC)c(OCCCCCCCCCCCC)c(C(=O)NCCCCCCCCCCCC)c1OCCCCCCCCCCCC. The summed E-state index contributed by atoms with van der Waals surface area (Å²) < 4.78 is 21.0. The first-order valence-electron chi connectivity index (χ1n) is 40.4. The number of carbonyl (C=O) groups excluding carboxylic acids is 3. The first kappa shape index (κ1) is 85.0. The first-order chi connectivity index (χ1) is 44.4. The number of nitrogens with one attached hydrogen (secondary N) is 3. The molecule has 0 saturated carbocycles. The lowest BCUT2D eigenvalue weighted by Gasteiger charge is -2.25. The predicted molar refractivity (Wildman–Crippen MR) is 391 cm³/mol. The second-order valence-corrected chi connectivity index (χ2v) is 27.5. The summed E-state index contributed by atoms with van der Waals surface area (Å²) in [6.07, 6.45) is 71.7. The molecule has 90 heavy (non-hydrogen) atoms. The smallest absolute Gasteiger partial charge is 0.258 e. The van der Waals surface area contributed by atoms with Crippen LogP contribution >= 0.6 is 0 Å². The monoisotopic (exact) mass is 1260 g/mol. The third kappa shape index (κ3) is 48.7. The number of rotatable bonds is 72. The maximum absolute atomic E-state index is 15.4. The van der Waals surface area contributed by atoms with Gasteiger partial charge in [-0.1, -0.05) is 388 Å². The van der Waals surface area contributed by atoms with Crippen LogP contribution < -0.4 is 30.2 Å². The van der Waals surface area contributed by atoms with Gasteiger partial charge < -0.3 is 30.2 Å². The van der Waals surface area contributed by atoms with Gasteiger partial charge in [-0.15, -0.1) is 0 Å². The number of hydrogen-bond donors (Lipinski definition) is 3. The highest BCUT2D eigenvalue weighted by atomic mass is 16.5. The summed E-state index contributed by atoms with van der Waals surface area (Å²) in [5, 5.41) is 9.93. The van der Waals surface area contributed by atoms with E-state index in [0.29, 0.717) is 39.5 Å². The fraction of sp³-hybridized carbons (Fsp3) is 0.889. The van der Waals surface area contributed by atoms with Crippen molar-refractivity contribution in [2.45, 2.75) is 427 Å². The van der Waals surface area contributed by atoms with Gasteiger partial charge in [0.25, 0.3) is 17.7 Å². The molecule has 0 unspecified atom stereocenters. The minimum absolute atomic E-state index is 0.167. The molecule has 528 valence electrons. The highest BCUT2D eigenvalue weighted by Crippen LogP contribution is 2.45. The third-order valence-corrected chi connectivity index (χ3v) is 18.7. The van der Waals surface area contributed by atoms with Crippen LogP contribution in [-0.4, -0.2) is 57.2 Å². The fourth-order valence-electron chi connectivity index (χ4n) is 12.7. The van der Waals surface area contributed by atoms with Crippen LogP contribution in [0.1, 0.15) is 458 Å². The molecule has 0 radical (unpaired) electrons. The molecule has 9 nitrogen and oxygen atoms in total. The van der Waals surface area contributed by atoms with Gasteiger partial charge in [0.1, 0.15) is 16.7 Å². The van der Waals surface area contributed by atoms with Gasteiger partial charge in [0, 0.05) is 19.6 Å². The molecule has 1 aromatic rings. The summed E-state index contributed by atoms with van der Waals surface area (Å²) in [7, 11) is 0. The summed E-state index contributed by atoms with van der Waals surface area (Å²) in [6, 6.07) is 0. The van der Waals surface area contributed by atoms with Crippen molar-refractivity contribution < 1.29 is 28.6 Å². The normalized spacial score (nSPS) is 11.4.